The van der Waals surface area contributed by atoms with Crippen LogP contribution in [0.3, 0.4) is 0 Å². The summed E-state index contributed by atoms with van der Waals surface area (Å²) in [5.41, 5.74) is 1.07. The normalized spacial score (nSPS) is 21.2. The second kappa shape index (κ2) is 7.77. The summed E-state index contributed by atoms with van der Waals surface area (Å²) in [6, 6.07) is 1.75. The number of carbonyl (C=O) groups is 1. The van der Waals surface area contributed by atoms with E-state index in [9.17, 15) is 9.90 Å². The Balaban J connectivity index is 2.04. The van der Waals surface area contributed by atoms with Crippen LogP contribution in [0.4, 0.5) is 0 Å². The smallest absolute Gasteiger partial charge is 0.252 e. The molecule has 3 N–H and O–H groups in total. The lowest BCUT2D eigenvalue weighted by Gasteiger charge is -2.26. The third kappa shape index (κ3) is 4.55. The van der Waals surface area contributed by atoms with Crippen molar-refractivity contribution >= 4 is 5.91 Å². The molecule has 112 valence electrons. The van der Waals surface area contributed by atoms with Gasteiger partial charge in [0.05, 0.1) is 23.8 Å². The first kappa shape index (κ1) is 15.5. The van der Waals surface area contributed by atoms with Crippen molar-refractivity contribution in [3.8, 4) is 11.8 Å². The van der Waals surface area contributed by atoms with E-state index in [-0.39, 0.29) is 24.7 Å². The van der Waals surface area contributed by atoms with E-state index >= 15 is 0 Å². The Labute approximate surface area is 124 Å². The summed E-state index contributed by atoms with van der Waals surface area (Å²) in [6.45, 7) is -0.000801. The van der Waals surface area contributed by atoms with Gasteiger partial charge in [-0.3, -0.25) is 9.78 Å². The van der Waals surface area contributed by atoms with E-state index in [1.165, 1.54) is 0 Å². The van der Waals surface area contributed by atoms with Gasteiger partial charge in [-0.25, -0.2) is 0 Å². The summed E-state index contributed by atoms with van der Waals surface area (Å²) in [7, 11) is 0. The van der Waals surface area contributed by atoms with Gasteiger partial charge in [0.1, 0.15) is 0 Å². The summed E-state index contributed by atoms with van der Waals surface area (Å²) in [5.74, 6) is 5.51. The lowest BCUT2D eigenvalue weighted by atomic mass is 9.93. The van der Waals surface area contributed by atoms with Crippen LogP contribution < -0.4 is 5.32 Å². The molecule has 0 bridgehead atoms. The van der Waals surface area contributed by atoms with Gasteiger partial charge >= 0.3 is 0 Å². The van der Waals surface area contributed by atoms with Crippen LogP contribution in [0.5, 0.6) is 0 Å². The maximum Gasteiger partial charge on any atom is 0.252 e. The molecule has 5 heteroatoms. The molecule has 1 aromatic rings. The van der Waals surface area contributed by atoms with Crippen molar-refractivity contribution in [2.75, 3.05) is 6.61 Å². The summed E-state index contributed by atoms with van der Waals surface area (Å²) < 4.78 is 0. The van der Waals surface area contributed by atoms with E-state index < -0.39 is 0 Å². The molecule has 1 aliphatic carbocycles. The minimum absolute atomic E-state index is 0.000801. The predicted molar refractivity (Wildman–Crippen MR) is 78.5 cm³/mol. The molecule has 0 aliphatic heterocycles. The van der Waals surface area contributed by atoms with Gasteiger partial charge in [-0.1, -0.05) is 11.8 Å². The van der Waals surface area contributed by atoms with E-state index in [4.69, 9.17) is 5.11 Å². The van der Waals surface area contributed by atoms with Crippen LogP contribution in [-0.2, 0) is 0 Å². The van der Waals surface area contributed by atoms with Crippen LogP contribution >= 0.6 is 0 Å². The lowest BCUT2D eigenvalue weighted by molar-refractivity contribution is 0.0867. The van der Waals surface area contributed by atoms with Crippen molar-refractivity contribution in [1.82, 2.24) is 10.3 Å². The highest BCUT2D eigenvalue weighted by atomic mass is 16.3. The molecular formula is C16H20N2O3. The molecule has 0 radical (unpaired) electrons. The zero-order chi connectivity index (χ0) is 15.1. The minimum Gasteiger partial charge on any atom is -0.395 e. The Hall–Kier alpha value is -1.90. The second-order valence-electron chi connectivity index (χ2n) is 5.18. The zero-order valence-electron chi connectivity index (χ0n) is 11.9. The van der Waals surface area contributed by atoms with Crippen LogP contribution in [0.25, 0.3) is 0 Å². The number of carbonyl (C=O) groups excluding carboxylic acids is 1. The fourth-order valence-electron chi connectivity index (χ4n) is 2.39. The molecule has 1 aliphatic rings. The van der Waals surface area contributed by atoms with Gasteiger partial charge < -0.3 is 15.5 Å². The molecule has 0 aromatic carbocycles. The Morgan fingerprint density at radius 2 is 2.14 bits per heavy atom. The molecular weight excluding hydrogens is 268 g/mol. The molecule has 0 atom stereocenters. The predicted octanol–water partition coefficient (Wildman–Crippen LogP) is 0.849. The van der Waals surface area contributed by atoms with E-state index in [1.54, 1.807) is 18.5 Å². The van der Waals surface area contributed by atoms with Crippen LogP contribution in [-0.4, -0.2) is 39.9 Å². The third-order valence-electron chi connectivity index (χ3n) is 3.56. The van der Waals surface area contributed by atoms with Gasteiger partial charge in [-0.05, 0) is 31.7 Å². The molecule has 1 aromatic heterocycles. The molecule has 0 spiro atoms. The molecule has 0 saturated heterocycles. The maximum absolute atomic E-state index is 12.3. The van der Waals surface area contributed by atoms with Gasteiger partial charge in [0, 0.05) is 24.9 Å². The SMILES string of the molecule is O=C(NC1CCC(O)CC1)c1ccncc1C#CCCO. The largest absolute Gasteiger partial charge is 0.395 e. The molecule has 21 heavy (non-hydrogen) atoms. The fraction of sp³-hybridized carbons (Fsp3) is 0.500. The molecule has 2 rings (SSSR count). The highest BCUT2D eigenvalue weighted by Gasteiger charge is 2.22. The number of aromatic nitrogens is 1. The second-order valence-corrected chi connectivity index (χ2v) is 5.18. The quantitative estimate of drug-likeness (QED) is 0.720. The number of pyridine rings is 1. The van der Waals surface area contributed by atoms with Crippen molar-refractivity contribution < 1.29 is 15.0 Å². The number of amides is 1. The van der Waals surface area contributed by atoms with Gasteiger partial charge in [-0.15, -0.1) is 0 Å². The molecule has 1 heterocycles. The summed E-state index contributed by atoms with van der Waals surface area (Å²) in [5, 5.41) is 21.2. The Kier molecular flexibility index (Phi) is 5.73. The molecule has 1 fully saturated rings. The number of nitrogens with one attached hydrogen (secondary N) is 1. The first-order valence-corrected chi connectivity index (χ1v) is 7.23. The van der Waals surface area contributed by atoms with E-state index in [2.05, 4.69) is 22.1 Å². The number of nitrogens with zero attached hydrogens (tertiary/aromatic N) is 1. The van der Waals surface area contributed by atoms with Gasteiger partial charge in [0.25, 0.3) is 5.91 Å². The number of hydrogen-bond acceptors (Lipinski definition) is 4. The summed E-state index contributed by atoms with van der Waals surface area (Å²) >= 11 is 0. The first-order chi connectivity index (χ1) is 10.2. The Bertz CT molecular complexity index is 540. The van der Waals surface area contributed by atoms with E-state index in [1.807, 2.05) is 0 Å². The monoisotopic (exact) mass is 288 g/mol. The number of rotatable bonds is 3. The van der Waals surface area contributed by atoms with Crippen LogP contribution in [0.2, 0.25) is 0 Å². The lowest BCUT2D eigenvalue weighted by Crippen LogP contribution is -2.38. The molecule has 1 amide bonds. The fourth-order valence-corrected chi connectivity index (χ4v) is 2.39. The number of aliphatic hydroxyl groups is 2. The Morgan fingerprint density at radius 1 is 1.38 bits per heavy atom. The average Bonchev–Trinajstić information content (AvgIpc) is 2.50. The maximum atomic E-state index is 12.3. The third-order valence-corrected chi connectivity index (χ3v) is 3.56. The van der Waals surface area contributed by atoms with Crippen LogP contribution in [0, 0.1) is 11.8 Å². The van der Waals surface area contributed by atoms with Crippen molar-refractivity contribution in [1.29, 1.82) is 0 Å². The standard InChI is InChI=1S/C16H20N2O3/c19-10-2-1-3-12-11-17-9-8-15(12)16(21)18-13-4-6-14(20)7-5-13/h8-9,11,13-14,19-20H,2,4-7,10H2,(H,18,21). The first-order valence-electron chi connectivity index (χ1n) is 7.23. The van der Waals surface area contributed by atoms with Crippen molar-refractivity contribution in [2.45, 2.75) is 44.2 Å². The van der Waals surface area contributed by atoms with Gasteiger partial charge in [-0.2, -0.15) is 0 Å². The van der Waals surface area contributed by atoms with Gasteiger partial charge in [0.15, 0.2) is 0 Å². The highest BCUT2D eigenvalue weighted by Crippen LogP contribution is 2.19. The average molecular weight is 288 g/mol. The summed E-state index contributed by atoms with van der Waals surface area (Å²) in [6.07, 6.45) is 6.30. The summed E-state index contributed by atoms with van der Waals surface area (Å²) in [4.78, 5) is 16.3. The van der Waals surface area contributed by atoms with E-state index in [0.29, 0.717) is 17.5 Å². The molecule has 1 saturated carbocycles. The Morgan fingerprint density at radius 3 is 2.86 bits per heavy atom. The van der Waals surface area contributed by atoms with E-state index in [0.717, 1.165) is 25.7 Å². The number of hydrogen-bond donors (Lipinski definition) is 3. The number of aliphatic hydroxyl groups excluding tert-OH is 2. The van der Waals surface area contributed by atoms with Crippen LogP contribution in [0.15, 0.2) is 18.5 Å². The van der Waals surface area contributed by atoms with Crippen molar-refractivity contribution in [3.05, 3.63) is 29.6 Å². The minimum atomic E-state index is -0.237. The highest BCUT2D eigenvalue weighted by molar-refractivity contribution is 5.96. The van der Waals surface area contributed by atoms with Crippen LogP contribution in [0.1, 0.15) is 48.0 Å². The topological polar surface area (TPSA) is 82.5 Å². The zero-order valence-corrected chi connectivity index (χ0v) is 11.9. The van der Waals surface area contributed by atoms with Gasteiger partial charge in [0.2, 0.25) is 0 Å². The molecule has 0 unspecified atom stereocenters. The van der Waals surface area contributed by atoms with Crippen molar-refractivity contribution in [2.24, 2.45) is 0 Å². The van der Waals surface area contributed by atoms with Crippen molar-refractivity contribution in [3.63, 3.8) is 0 Å². The molecule has 5 nitrogen and oxygen atoms in total.